The molecule has 29 heavy (non-hydrogen) atoms. The average Bonchev–Trinajstić information content (AvgIpc) is 3.07. The van der Waals surface area contributed by atoms with E-state index in [1.807, 2.05) is 42.8 Å². The fourth-order valence-corrected chi connectivity index (χ4v) is 3.51. The molecule has 3 rings (SSSR count). The van der Waals surface area contributed by atoms with Gasteiger partial charge in [0.2, 0.25) is 5.91 Å². The van der Waals surface area contributed by atoms with Gasteiger partial charge in [0.05, 0.1) is 23.6 Å². The summed E-state index contributed by atoms with van der Waals surface area (Å²) in [6.45, 7) is 4.03. The van der Waals surface area contributed by atoms with Crippen LogP contribution in [0.5, 0.6) is 0 Å². The number of thioether (sulfide) groups is 1. The van der Waals surface area contributed by atoms with Crippen LogP contribution >= 0.6 is 11.8 Å². The molecule has 1 amide bonds. The number of hydrogen-bond donors (Lipinski definition) is 1. The van der Waals surface area contributed by atoms with E-state index in [2.05, 4.69) is 15.5 Å². The fraction of sp³-hybridized carbons (Fsp3) is 0.238. The monoisotopic (exact) mass is 410 g/mol. The maximum atomic E-state index is 12.4. The zero-order valence-corrected chi connectivity index (χ0v) is 17.3. The fourth-order valence-electron chi connectivity index (χ4n) is 2.79. The summed E-state index contributed by atoms with van der Waals surface area (Å²) in [6, 6.07) is 14.7. The van der Waals surface area contributed by atoms with Crippen molar-refractivity contribution in [2.75, 3.05) is 17.7 Å². The molecule has 0 radical (unpaired) electrons. The molecular formula is C21H22N4O3S. The molecule has 0 bridgehead atoms. The van der Waals surface area contributed by atoms with E-state index in [9.17, 15) is 9.59 Å². The Bertz CT molecular complexity index is 1030. The zero-order chi connectivity index (χ0) is 20.8. The minimum absolute atomic E-state index is 0.136. The van der Waals surface area contributed by atoms with Crippen LogP contribution in [0.3, 0.4) is 0 Å². The van der Waals surface area contributed by atoms with E-state index in [1.165, 1.54) is 11.8 Å². The second-order valence-corrected chi connectivity index (χ2v) is 7.23. The number of carbonyl (C=O) groups is 2. The number of hydrogen-bond acceptors (Lipinski definition) is 6. The number of para-hydroxylation sites is 1. The topological polar surface area (TPSA) is 86.1 Å². The second-order valence-electron chi connectivity index (χ2n) is 6.28. The van der Waals surface area contributed by atoms with Gasteiger partial charge in [0.25, 0.3) is 0 Å². The molecule has 150 valence electrons. The Morgan fingerprint density at radius 2 is 1.83 bits per heavy atom. The van der Waals surface area contributed by atoms with Crippen molar-refractivity contribution in [3.63, 3.8) is 0 Å². The molecule has 0 aliphatic rings. The maximum Gasteiger partial charge on any atom is 0.340 e. The Kier molecular flexibility index (Phi) is 6.66. The highest BCUT2D eigenvalue weighted by molar-refractivity contribution is 7.99. The third-order valence-electron chi connectivity index (χ3n) is 4.25. The summed E-state index contributed by atoms with van der Waals surface area (Å²) in [5, 5.41) is 11.9. The van der Waals surface area contributed by atoms with Crippen LogP contribution in [0.2, 0.25) is 0 Å². The molecular weight excluding hydrogens is 388 g/mol. The SMILES string of the molecule is CCOC(=O)c1ccccc1NC(=O)CSc1nnc(-c2ccccc2C)n1C. The van der Waals surface area contributed by atoms with Gasteiger partial charge in [0.1, 0.15) is 0 Å². The molecule has 7 nitrogen and oxygen atoms in total. The summed E-state index contributed by atoms with van der Waals surface area (Å²) in [6.07, 6.45) is 0. The summed E-state index contributed by atoms with van der Waals surface area (Å²) < 4.78 is 6.90. The number of aryl methyl sites for hydroxylation is 1. The van der Waals surface area contributed by atoms with Crippen molar-refractivity contribution < 1.29 is 14.3 Å². The summed E-state index contributed by atoms with van der Waals surface area (Å²) in [7, 11) is 1.87. The van der Waals surface area contributed by atoms with Crippen molar-refractivity contribution in [1.82, 2.24) is 14.8 Å². The third kappa shape index (κ3) is 4.83. The lowest BCUT2D eigenvalue weighted by Gasteiger charge is -2.10. The van der Waals surface area contributed by atoms with Crippen molar-refractivity contribution in [1.29, 1.82) is 0 Å². The second kappa shape index (κ2) is 9.38. The van der Waals surface area contributed by atoms with Gasteiger partial charge in [-0.05, 0) is 31.5 Å². The van der Waals surface area contributed by atoms with Gasteiger partial charge in [-0.2, -0.15) is 0 Å². The van der Waals surface area contributed by atoms with E-state index >= 15 is 0 Å². The van der Waals surface area contributed by atoms with E-state index in [-0.39, 0.29) is 18.3 Å². The number of amides is 1. The van der Waals surface area contributed by atoms with Gasteiger partial charge in [0.15, 0.2) is 11.0 Å². The van der Waals surface area contributed by atoms with Gasteiger partial charge in [-0.1, -0.05) is 48.2 Å². The zero-order valence-electron chi connectivity index (χ0n) is 16.5. The predicted octanol–water partition coefficient (Wildman–Crippen LogP) is 3.70. The van der Waals surface area contributed by atoms with Crippen molar-refractivity contribution >= 4 is 29.3 Å². The van der Waals surface area contributed by atoms with Gasteiger partial charge < -0.3 is 14.6 Å². The molecule has 1 heterocycles. The molecule has 3 aromatic rings. The average molecular weight is 410 g/mol. The number of benzene rings is 2. The van der Waals surface area contributed by atoms with E-state index < -0.39 is 5.97 Å². The number of esters is 1. The molecule has 0 aliphatic heterocycles. The summed E-state index contributed by atoms with van der Waals surface area (Å²) in [5.41, 5.74) is 2.86. The molecule has 0 aliphatic carbocycles. The number of ether oxygens (including phenoxy) is 1. The molecule has 0 saturated heterocycles. The maximum absolute atomic E-state index is 12.4. The quantitative estimate of drug-likeness (QED) is 0.472. The van der Waals surface area contributed by atoms with Gasteiger partial charge >= 0.3 is 5.97 Å². The Labute approximate surface area is 173 Å². The first-order valence-corrected chi connectivity index (χ1v) is 10.1. The van der Waals surface area contributed by atoms with E-state index in [4.69, 9.17) is 4.74 Å². The van der Waals surface area contributed by atoms with Crippen molar-refractivity contribution in [3.05, 3.63) is 59.7 Å². The normalized spacial score (nSPS) is 10.6. The first kappa shape index (κ1) is 20.6. The lowest BCUT2D eigenvalue weighted by molar-refractivity contribution is -0.113. The van der Waals surface area contributed by atoms with Gasteiger partial charge in [-0.3, -0.25) is 4.79 Å². The first-order valence-electron chi connectivity index (χ1n) is 9.15. The predicted molar refractivity (Wildman–Crippen MR) is 113 cm³/mol. The highest BCUT2D eigenvalue weighted by Crippen LogP contribution is 2.25. The van der Waals surface area contributed by atoms with Gasteiger partial charge in [-0.15, -0.1) is 10.2 Å². The van der Waals surface area contributed by atoms with E-state index in [1.54, 1.807) is 31.2 Å². The highest BCUT2D eigenvalue weighted by Gasteiger charge is 2.16. The molecule has 1 N–H and O–H groups in total. The molecule has 2 aromatic carbocycles. The standard InChI is InChI=1S/C21H22N4O3S/c1-4-28-20(27)16-11-7-8-12-17(16)22-18(26)13-29-21-24-23-19(25(21)3)15-10-6-5-9-14(15)2/h5-12H,4,13H2,1-3H3,(H,22,26). The number of anilines is 1. The Morgan fingerprint density at radius 1 is 1.10 bits per heavy atom. The van der Waals surface area contributed by atoms with Gasteiger partial charge in [-0.25, -0.2) is 4.79 Å². The first-order chi connectivity index (χ1) is 14.0. The molecule has 8 heteroatoms. The highest BCUT2D eigenvalue weighted by atomic mass is 32.2. The van der Waals surface area contributed by atoms with Crippen LogP contribution in [0.25, 0.3) is 11.4 Å². The van der Waals surface area contributed by atoms with Crippen LogP contribution in [0, 0.1) is 6.92 Å². The third-order valence-corrected chi connectivity index (χ3v) is 5.27. The minimum atomic E-state index is -0.466. The van der Waals surface area contributed by atoms with Crippen molar-refractivity contribution in [2.24, 2.45) is 7.05 Å². The summed E-state index contributed by atoms with van der Waals surface area (Å²) in [4.78, 5) is 24.5. The molecule has 0 saturated carbocycles. The van der Waals surface area contributed by atoms with Crippen molar-refractivity contribution in [3.8, 4) is 11.4 Å². The van der Waals surface area contributed by atoms with Crippen LogP contribution in [0.4, 0.5) is 5.69 Å². The van der Waals surface area contributed by atoms with Crippen LogP contribution < -0.4 is 5.32 Å². The molecule has 1 aromatic heterocycles. The van der Waals surface area contributed by atoms with Crippen LogP contribution in [-0.4, -0.2) is 39.0 Å². The molecule has 0 spiro atoms. The Hall–Kier alpha value is -3.13. The molecule has 0 fully saturated rings. The lowest BCUT2D eigenvalue weighted by atomic mass is 10.1. The van der Waals surface area contributed by atoms with Crippen LogP contribution in [0.1, 0.15) is 22.8 Å². The summed E-state index contributed by atoms with van der Waals surface area (Å²) >= 11 is 1.28. The number of aromatic nitrogens is 3. The lowest BCUT2D eigenvalue weighted by Crippen LogP contribution is -2.17. The molecule has 0 unspecified atom stereocenters. The van der Waals surface area contributed by atoms with Crippen molar-refractivity contribution in [2.45, 2.75) is 19.0 Å². The summed E-state index contributed by atoms with van der Waals surface area (Å²) in [5.74, 6) is 0.176. The van der Waals surface area contributed by atoms with Crippen LogP contribution in [0.15, 0.2) is 53.7 Å². The minimum Gasteiger partial charge on any atom is -0.462 e. The Morgan fingerprint density at radius 3 is 2.59 bits per heavy atom. The smallest absolute Gasteiger partial charge is 0.340 e. The number of carbonyl (C=O) groups excluding carboxylic acids is 2. The molecule has 0 atom stereocenters. The largest absolute Gasteiger partial charge is 0.462 e. The number of rotatable bonds is 7. The van der Waals surface area contributed by atoms with Gasteiger partial charge in [0, 0.05) is 12.6 Å². The Balaban J connectivity index is 1.67. The van der Waals surface area contributed by atoms with Crippen LogP contribution in [-0.2, 0) is 16.6 Å². The number of nitrogens with zero attached hydrogens (tertiary/aromatic N) is 3. The van der Waals surface area contributed by atoms with E-state index in [0.717, 1.165) is 17.0 Å². The van der Waals surface area contributed by atoms with E-state index in [0.29, 0.717) is 16.4 Å². The number of nitrogens with one attached hydrogen (secondary N) is 1.